The lowest BCUT2D eigenvalue weighted by atomic mass is 10.1. The maximum absolute atomic E-state index is 6.23. The van der Waals surface area contributed by atoms with E-state index in [1.807, 2.05) is 37.0 Å². The normalized spacial score (nSPS) is 12.3. The van der Waals surface area contributed by atoms with Crippen molar-refractivity contribution in [1.29, 1.82) is 0 Å². The highest BCUT2D eigenvalue weighted by Crippen LogP contribution is 2.22. The predicted molar refractivity (Wildman–Crippen MR) is 89.9 cm³/mol. The molecule has 0 heterocycles. The Kier molecular flexibility index (Phi) is 5.96. The predicted octanol–water partition coefficient (Wildman–Crippen LogP) is 4.57. The Labute approximate surface area is 130 Å². The minimum Gasteiger partial charge on any atom is -0.316 e. The van der Waals surface area contributed by atoms with Gasteiger partial charge in [0.05, 0.1) is 0 Å². The molecule has 1 nitrogen and oxygen atoms in total. The Balaban J connectivity index is 1.94. The summed E-state index contributed by atoms with van der Waals surface area (Å²) in [4.78, 5) is 1.32. The molecule has 0 amide bonds. The maximum Gasteiger partial charge on any atom is 0.0438 e. The van der Waals surface area contributed by atoms with E-state index >= 15 is 0 Å². The summed E-state index contributed by atoms with van der Waals surface area (Å²) in [7, 11) is 2.01. The van der Waals surface area contributed by atoms with Gasteiger partial charge in [-0.3, -0.25) is 0 Å². The lowest BCUT2D eigenvalue weighted by Crippen LogP contribution is -2.30. The van der Waals surface area contributed by atoms with Crippen LogP contribution >= 0.6 is 23.4 Å². The van der Waals surface area contributed by atoms with Crippen LogP contribution in [0.2, 0.25) is 5.02 Å². The van der Waals surface area contributed by atoms with Crippen LogP contribution in [0.5, 0.6) is 0 Å². The minimum atomic E-state index is 0.417. The van der Waals surface area contributed by atoms with Crippen molar-refractivity contribution in [3.8, 4) is 0 Å². The number of aryl methyl sites for hydroxylation is 1. The Morgan fingerprint density at radius 2 is 1.95 bits per heavy atom. The van der Waals surface area contributed by atoms with Crippen LogP contribution in [0.15, 0.2) is 53.4 Å². The summed E-state index contributed by atoms with van der Waals surface area (Å²) in [5, 5.41) is 4.24. The molecule has 20 heavy (non-hydrogen) atoms. The molecule has 106 valence electrons. The van der Waals surface area contributed by atoms with E-state index in [4.69, 9.17) is 11.6 Å². The standard InChI is InChI=1S/C17H20ClNS/c1-13-6-5-8-16(10-13)20-12-15(19-2)11-14-7-3-4-9-17(14)18/h3-10,15,19H,11-12H2,1-2H3. The summed E-state index contributed by atoms with van der Waals surface area (Å²) in [5.41, 5.74) is 2.51. The van der Waals surface area contributed by atoms with Crippen LogP contribution < -0.4 is 5.32 Å². The summed E-state index contributed by atoms with van der Waals surface area (Å²) in [5.74, 6) is 1.03. The number of thioether (sulfide) groups is 1. The molecule has 3 heteroatoms. The van der Waals surface area contributed by atoms with Crippen molar-refractivity contribution in [1.82, 2.24) is 5.32 Å². The molecule has 1 unspecified atom stereocenters. The van der Waals surface area contributed by atoms with Crippen molar-refractivity contribution >= 4 is 23.4 Å². The first-order valence-electron chi connectivity index (χ1n) is 6.79. The molecule has 0 aromatic heterocycles. The van der Waals surface area contributed by atoms with Crippen LogP contribution in [0.4, 0.5) is 0 Å². The third-order valence-electron chi connectivity index (χ3n) is 3.27. The van der Waals surface area contributed by atoms with Gasteiger partial charge in [0.1, 0.15) is 0 Å². The monoisotopic (exact) mass is 305 g/mol. The summed E-state index contributed by atoms with van der Waals surface area (Å²) >= 11 is 8.12. The van der Waals surface area contributed by atoms with E-state index in [1.165, 1.54) is 16.0 Å². The van der Waals surface area contributed by atoms with E-state index in [0.717, 1.165) is 17.2 Å². The van der Waals surface area contributed by atoms with E-state index < -0.39 is 0 Å². The van der Waals surface area contributed by atoms with Gasteiger partial charge in [-0.1, -0.05) is 47.5 Å². The van der Waals surface area contributed by atoms with Gasteiger partial charge in [0, 0.05) is 21.7 Å². The van der Waals surface area contributed by atoms with Crippen LogP contribution in [0.3, 0.4) is 0 Å². The quantitative estimate of drug-likeness (QED) is 0.785. The van der Waals surface area contributed by atoms with Crippen molar-refractivity contribution in [2.45, 2.75) is 24.3 Å². The molecule has 0 spiro atoms. The Bertz CT molecular complexity index is 556. The van der Waals surface area contributed by atoms with Gasteiger partial charge in [0.15, 0.2) is 0 Å². The molecular weight excluding hydrogens is 286 g/mol. The van der Waals surface area contributed by atoms with Crippen molar-refractivity contribution in [2.75, 3.05) is 12.8 Å². The van der Waals surface area contributed by atoms with E-state index in [0.29, 0.717) is 6.04 Å². The van der Waals surface area contributed by atoms with E-state index in [2.05, 4.69) is 42.6 Å². The molecule has 1 atom stereocenters. The van der Waals surface area contributed by atoms with Crippen LogP contribution in [0.1, 0.15) is 11.1 Å². The van der Waals surface area contributed by atoms with Gasteiger partial charge in [-0.2, -0.15) is 0 Å². The lowest BCUT2D eigenvalue weighted by molar-refractivity contribution is 0.617. The first kappa shape index (κ1) is 15.4. The highest BCUT2D eigenvalue weighted by atomic mass is 35.5. The van der Waals surface area contributed by atoms with Gasteiger partial charge in [-0.05, 0) is 44.2 Å². The van der Waals surface area contributed by atoms with Gasteiger partial charge < -0.3 is 5.32 Å². The third-order valence-corrected chi connectivity index (χ3v) is 4.80. The average molecular weight is 306 g/mol. The zero-order valence-corrected chi connectivity index (χ0v) is 13.5. The van der Waals surface area contributed by atoms with Crippen molar-refractivity contribution in [3.05, 3.63) is 64.7 Å². The van der Waals surface area contributed by atoms with Crippen molar-refractivity contribution in [3.63, 3.8) is 0 Å². The van der Waals surface area contributed by atoms with Crippen LogP contribution in [0.25, 0.3) is 0 Å². The number of rotatable bonds is 6. The van der Waals surface area contributed by atoms with Gasteiger partial charge in [-0.25, -0.2) is 0 Å². The SMILES string of the molecule is CNC(CSc1cccc(C)c1)Cc1ccccc1Cl. The zero-order valence-electron chi connectivity index (χ0n) is 11.9. The van der Waals surface area contributed by atoms with Crippen LogP contribution in [-0.2, 0) is 6.42 Å². The van der Waals surface area contributed by atoms with E-state index in [1.54, 1.807) is 0 Å². The highest BCUT2D eigenvalue weighted by molar-refractivity contribution is 7.99. The molecule has 0 saturated heterocycles. The maximum atomic E-state index is 6.23. The van der Waals surface area contributed by atoms with Gasteiger partial charge in [-0.15, -0.1) is 11.8 Å². The molecule has 0 aliphatic heterocycles. The summed E-state index contributed by atoms with van der Waals surface area (Å²) in [6.07, 6.45) is 0.953. The second kappa shape index (κ2) is 7.72. The molecule has 0 aliphatic rings. The fraction of sp³-hybridized carbons (Fsp3) is 0.294. The van der Waals surface area contributed by atoms with E-state index in [9.17, 15) is 0 Å². The molecule has 2 rings (SSSR count). The summed E-state index contributed by atoms with van der Waals surface area (Å²) in [6.45, 7) is 2.13. The Hall–Kier alpha value is -0.960. The molecular formula is C17H20ClNS. The smallest absolute Gasteiger partial charge is 0.0438 e. The Morgan fingerprint density at radius 1 is 1.15 bits per heavy atom. The van der Waals surface area contributed by atoms with Gasteiger partial charge >= 0.3 is 0 Å². The fourth-order valence-electron chi connectivity index (χ4n) is 2.08. The molecule has 0 aliphatic carbocycles. The van der Waals surface area contributed by atoms with Gasteiger partial charge in [0.2, 0.25) is 0 Å². The lowest BCUT2D eigenvalue weighted by Gasteiger charge is -2.16. The molecule has 0 fully saturated rings. The largest absolute Gasteiger partial charge is 0.316 e. The zero-order chi connectivity index (χ0) is 14.4. The topological polar surface area (TPSA) is 12.0 Å². The number of hydrogen-bond acceptors (Lipinski definition) is 2. The molecule has 2 aromatic rings. The number of nitrogens with one attached hydrogen (secondary N) is 1. The van der Waals surface area contributed by atoms with Gasteiger partial charge in [0.25, 0.3) is 0 Å². The first-order chi connectivity index (χ1) is 9.69. The average Bonchev–Trinajstić information content (AvgIpc) is 2.45. The molecule has 0 saturated carbocycles. The molecule has 0 radical (unpaired) electrons. The number of halogens is 1. The number of benzene rings is 2. The summed E-state index contributed by atoms with van der Waals surface area (Å²) < 4.78 is 0. The molecule has 2 aromatic carbocycles. The number of likely N-dealkylation sites (N-methyl/N-ethyl adjacent to an activating group) is 1. The van der Waals surface area contributed by atoms with Crippen molar-refractivity contribution in [2.24, 2.45) is 0 Å². The minimum absolute atomic E-state index is 0.417. The van der Waals surface area contributed by atoms with Crippen molar-refractivity contribution < 1.29 is 0 Å². The Morgan fingerprint density at radius 3 is 2.65 bits per heavy atom. The van der Waals surface area contributed by atoms with Crippen LogP contribution in [0, 0.1) is 6.92 Å². The second-order valence-electron chi connectivity index (χ2n) is 4.91. The fourth-order valence-corrected chi connectivity index (χ4v) is 3.41. The third kappa shape index (κ3) is 4.55. The summed E-state index contributed by atoms with van der Waals surface area (Å²) in [6, 6.07) is 17.1. The number of hydrogen-bond donors (Lipinski definition) is 1. The highest BCUT2D eigenvalue weighted by Gasteiger charge is 2.10. The first-order valence-corrected chi connectivity index (χ1v) is 8.15. The van der Waals surface area contributed by atoms with Crippen LogP contribution in [-0.4, -0.2) is 18.8 Å². The molecule has 1 N–H and O–H groups in total. The van der Waals surface area contributed by atoms with E-state index in [-0.39, 0.29) is 0 Å². The second-order valence-corrected chi connectivity index (χ2v) is 6.41. The molecule has 0 bridgehead atoms.